The lowest BCUT2D eigenvalue weighted by Gasteiger charge is -2.36. The van der Waals surface area contributed by atoms with E-state index in [4.69, 9.17) is 16.3 Å². The van der Waals surface area contributed by atoms with Gasteiger partial charge in [-0.05, 0) is 78.8 Å². The van der Waals surface area contributed by atoms with Gasteiger partial charge in [0.15, 0.2) is 0 Å². The lowest BCUT2D eigenvalue weighted by molar-refractivity contribution is -0.126. The molecular weight excluding hydrogens is 590 g/mol. The van der Waals surface area contributed by atoms with Gasteiger partial charge >= 0.3 is 6.09 Å². The molecule has 2 fully saturated rings. The Hall–Kier alpha value is -3.10. The number of benzene rings is 2. The second-order valence-corrected chi connectivity index (χ2v) is 14.2. The highest BCUT2D eigenvalue weighted by Crippen LogP contribution is 2.42. The summed E-state index contributed by atoms with van der Waals surface area (Å²) in [4.78, 5) is 39.7. The zero-order valence-corrected chi connectivity index (χ0v) is 27.3. The van der Waals surface area contributed by atoms with Crippen LogP contribution in [0.15, 0.2) is 42.5 Å². The molecule has 3 aliphatic rings. The summed E-state index contributed by atoms with van der Waals surface area (Å²) in [5.41, 5.74) is 3.81. The van der Waals surface area contributed by atoms with Gasteiger partial charge in [-0.15, -0.1) is 0 Å². The van der Waals surface area contributed by atoms with Crippen LogP contribution in [0.4, 0.5) is 4.79 Å². The summed E-state index contributed by atoms with van der Waals surface area (Å²) in [6.45, 7) is 4.40. The maximum atomic E-state index is 13.8. The summed E-state index contributed by atoms with van der Waals surface area (Å²) in [5, 5.41) is 19.3. The Morgan fingerprint density at radius 1 is 1.00 bits per heavy atom. The van der Waals surface area contributed by atoms with Gasteiger partial charge in [-0.25, -0.2) is 4.79 Å². The molecule has 4 atom stereocenters. The van der Waals surface area contributed by atoms with E-state index >= 15 is 0 Å². The largest absolute Gasteiger partial charge is 0.440 e. The smallest absolute Gasteiger partial charge is 0.408 e. The normalized spacial score (nSPS) is 20.5. The number of hydrogen-bond donors (Lipinski definition) is 4. The Morgan fingerprint density at radius 2 is 1.78 bits per heavy atom. The van der Waals surface area contributed by atoms with Gasteiger partial charge in [-0.1, -0.05) is 87.9 Å². The van der Waals surface area contributed by atoms with Crippen molar-refractivity contribution in [1.29, 1.82) is 0 Å². The van der Waals surface area contributed by atoms with Crippen LogP contribution in [0, 0.1) is 11.8 Å². The molecule has 8 nitrogen and oxygen atoms in total. The van der Waals surface area contributed by atoms with Gasteiger partial charge in [0.25, 0.3) is 0 Å². The highest BCUT2D eigenvalue weighted by molar-refractivity contribution is 6.30. The lowest BCUT2D eigenvalue weighted by atomic mass is 9.76. The van der Waals surface area contributed by atoms with E-state index in [0.29, 0.717) is 36.7 Å². The number of nitrogens with one attached hydrogen (secondary N) is 3. The number of aliphatic hydroxyl groups is 1. The van der Waals surface area contributed by atoms with Crippen LogP contribution in [0.2, 0.25) is 5.02 Å². The number of hydrogen-bond acceptors (Lipinski definition) is 5. The molecule has 9 heteroatoms. The minimum absolute atomic E-state index is 0.0527. The third kappa shape index (κ3) is 8.39. The predicted molar refractivity (Wildman–Crippen MR) is 175 cm³/mol. The Balaban J connectivity index is 1.36. The second-order valence-electron chi connectivity index (χ2n) is 13.7. The Bertz CT molecular complexity index is 1360. The highest BCUT2D eigenvalue weighted by atomic mass is 35.5. The molecule has 2 aliphatic carbocycles. The molecule has 3 amide bonds. The molecule has 5 rings (SSSR count). The second kappa shape index (κ2) is 15.0. The maximum absolute atomic E-state index is 13.8. The van der Waals surface area contributed by atoms with Gasteiger partial charge in [0, 0.05) is 22.9 Å². The van der Waals surface area contributed by atoms with Crippen molar-refractivity contribution in [3.8, 4) is 0 Å². The molecule has 0 aromatic heterocycles. The van der Waals surface area contributed by atoms with Gasteiger partial charge in [0.05, 0.1) is 12.6 Å². The third-order valence-electron chi connectivity index (χ3n) is 10.1. The number of alkyl carbamates (subject to hydrolysis) is 1. The van der Waals surface area contributed by atoms with Gasteiger partial charge in [-0.3, -0.25) is 9.59 Å². The molecule has 0 bridgehead atoms. The number of aliphatic hydroxyl groups excluding tert-OH is 1. The van der Waals surface area contributed by atoms with Crippen LogP contribution in [-0.4, -0.2) is 48.2 Å². The number of aryl methyl sites for hydroxylation is 2. The fourth-order valence-electron chi connectivity index (χ4n) is 7.39. The topological polar surface area (TPSA) is 117 Å². The van der Waals surface area contributed by atoms with Crippen LogP contribution in [0.25, 0.3) is 0 Å². The summed E-state index contributed by atoms with van der Waals surface area (Å²) in [6.07, 6.45) is 8.77. The zero-order chi connectivity index (χ0) is 32.0. The molecule has 1 saturated heterocycles. The number of ether oxygens (including phenoxy) is 1. The summed E-state index contributed by atoms with van der Waals surface area (Å²) in [6, 6.07) is 12.5. The van der Waals surface area contributed by atoms with Gasteiger partial charge in [-0.2, -0.15) is 0 Å². The minimum Gasteiger partial charge on any atom is -0.440 e. The summed E-state index contributed by atoms with van der Waals surface area (Å²) in [5.74, 6) is -0.362. The van der Waals surface area contributed by atoms with E-state index in [-0.39, 0.29) is 24.3 Å². The van der Waals surface area contributed by atoms with E-state index in [1.807, 2.05) is 44.2 Å². The average Bonchev–Trinajstić information content (AvgIpc) is 3.67. The van der Waals surface area contributed by atoms with E-state index in [1.54, 1.807) is 0 Å². The molecule has 1 heterocycles. The van der Waals surface area contributed by atoms with Crippen molar-refractivity contribution in [2.75, 3.05) is 13.2 Å². The first-order valence-corrected chi connectivity index (χ1v) is 17.1. The number of carbonyl (C=O) groups excluding carboxylic acids is 3. The Morgan fingerprint density at radius 3 is 2.49 bits per heavy atom. The molecule has 4 N–H and O–H groups in total. The van der Waals surface area contributed by atoms with Crippen molar-refractivity contribution in [2.24, 2.45) is 11.8 Å². The van der Waals surface area contributed by atoms with E-state index in [0.717, 1.165) is 56.1 Å². The van der Waals surface area contributed by atoms with Crippen LogP contribution < -0.4 is 16.0 Å². The van der Waals surface area contributed by atoms with Crippen LogP contribution in [0.1, 0.15) is 100.0 Å². The SMILES string of the molecule is CC(C)(c1cccc(Cl)c1)C(OC(=O)N[C@@H](CC1CCCCC1)C(=O)N[C@H](CO)C[C@@H]1CCNC1=O)c1ccc2c(c1)CCC2. The quantitative estimate of drug-likeness (QED) is 0.231. The molecule has 0 spiro atoms. The molecule has 1 aliphatic heterocycles. The fraction of sp³-hybridized carbons (Fsp3) is 0.583. The summed E-state index contributed by atoms with van der Waals surface area (Å²) < 4.78 is 6.30. The Labute approximate surface area is 272 Å². The van der Waals surface area contributed by atoms with Crippen molar-refractivity contribution in [3.63, 3.8) is 0 Å². The Kier molecular flexibility index (Phi) is 11.1. The number of carbonyl (C=O) groups is 3. The number of fused-ring (bicyclic) bond motifs is 1. The van der Waals surface area contributed by atoms with Crippen molar-refractivity contribution >= 4 is 29.5 Å². The molecular formula is C36H48ClN3O5. The van der Waals surface area contributed by atoms with Gasteiger partial charge in [0.2, 0.25) is 11.8 Å². The summed E-state index contributed by atoms with van der Waals surface area (Å²) in [7, 11) is 0. The van der Waals surface area contributed by atoms with Crippen LogP contribution in [-0.2, 0) is 32.6 Å². The molecule has 45 heavy (non-hydrogen) atoms. The molecule has 0 radical (unpaired) electrons. The molecule has 1 saturated carbocycles. The van der Waals surface area contributed by atoms with Crippen molar-refractivity contribution in [1.82, 2.24) is 16.0 Å². The van der Waals surface area contributed by atoms with E-state index in [2.05, 4.69) is 28.1 Å². The monoisotopic (exact) mass is 637 g/mol. The van der Waals surface area contributed by atoms with Gasteiger partial charge in [0.1, 0.15) is 12.1 Å². The highest BCUT2D eigenvalue weighted by Gasteiger charge is 2.38. The van der Waals surface area contributed by atoms with E-state index < -0.39 is 29.7 Å². The number of rotatable bonds is 12. The standard InChI is InChI=1S/C36H48ClN3O5/c1-36(2,28-12-7-13-29(37)21-28)32(26-15-14-24-10-6-11-25(24)19-26)45-35(44)40-31(18-23-8-4-3-5-9-23)34(43)39-30(22-41)20-27-16-17-38-33(27)42/h7,12-15,19,21,23,27,30-32,41H,3-6,8-11,16-18,20,22H2,1-2H3,(H,38,42)(H,39,43)(H,40,44)/t27-,30-,31-,32?/m0/s1. The average molecular weight is 638 g/mol. The first kappa shape index (κ1) is 33.3. The fourth-order valence-corrected chi connectivity index (χ4v) is 7.58. The predicted octanol–water partition coefficient (Wildman–Crippen LogP) is 5.92. The van der Waals surface area contributed by atoms with Crippen LogP contribution >= 0.6 is 11.6 Å². The molecule has 2 aromatic rings. The first-order valence-electron chi connectivity index (χ1n) is 16.7. The van der Waals surface area contributed by atoms with Crippen LogP contribution in [0.3, 0.4) is 0 Å². The van der Waals surface area contributed by atoms with E-state index in [1.165, 1.54) is 17.5 Å². The summed E-state index contributed by atoms with van der Waals surface area (Å²) >= 11 is 6.39. The van der Waals surface area contributed by atoms with Crippen molar-refractivity contribution in [2.45, 2.75) is 108 Å². The zero-order valence-electron chi connectivity index (χ0n) is 26.6. The first-order chi connectivity index (χ1) is 21.6. The molecule has 1 unspecified atom stereocenters. The number of halogens is 1. The van der Waals surface area contributed by atoms with Gasteiger partial charge < -0.3 is 25.8 Å². The third-order valence-corrected chi connectivity index (χ3v) is 10.3. The number of amides is 3. The van der Waals surface area contributed by atoms with Crippen molar-refractivity contribution < 1.29 is 24.2 Å². The molecule has 244 valence electrons. The minimum atomic E-state index is -0.831. The van der Waals surface area contributed by atoms with E-state index in [9.17, 15) is 19.5 Å². The maximum Gasteiger partial charge on any atom is 0.408 e. The molecule has 2 aromatic carbocycles. The van der Waals surface area contributed by atoms with Crippen molar-refractivity contribution in [3.05, 3.63) is 69.7 Å². The van der Waals surface area contributed by atoms with Crippen LogP contribution in [0.5, 0.6) is 0 Å². The lowest BCUT2D eigenvalue weighted by Crippen LogP contribution is -2.52.